The molecule has 0 atom stereocenters. The Labute approximate surface area is 119 Å². The van der Waals surface area contributed by atoms with Gasteiger partial charge in [-0.15, -0.1) is 0 Å². The van der Waals surface area contributed by atoms with Crippen LogP contribution in [0.25, 0.3) is 0 Å². The summed E-state index contributed by atoms with van der Waals surface area (Å²) in [7, 11) is 0. The minimum atomic E-state index is 0.532. The van der Waals surface area contributed by atoms with Crippen molar-refractivity contribution in [3.8, 4) is 5.88 Å². The fraction of sp³-hybridized carbons (Fsp3) is 0.571. The van der Waals surface area contributed by atoms with Crippen LogP contribution in [0.2, 0.25) is 0 Å². The van der Waals surface area contributed by atoms with Gasteiger partial charge in [-0.25, -0.2) is 9.98 Å². The van der Waals surface area contributed by atoms with Crippen LogP contribution >= 0.6 is 0 Å². The van der Waals surface area contributed by atoms with Crippen LogP contribution < -0.4 is 10.5 Å². The van der Waals surface area contributed by atoms with Crippen LogP contribution in [0.4, 0.5) is 0 Å². The van der Waals surface area contributed by atoms with Crippen LogP contribution in [-0.2, 0) is 11.3 Å². The first-order chi connectivity index (χ1) is 9.79. The Morgan fingerprint density at radius 1 is 1.45 bits per heavy atom. The molecule has 2 heterocycles. The summed E-state index contributed by atoms with van der Waals surface area (Å²) in [5.74, 6) is 1.22. The second kappa shape index (κ2) is 7.69. The van der Waals surface area contributed by atoms with Gasteiger partial charge in [0, 0.05) is 25.4 Å². The molecule has 0 amide bonds. The molecular formula is C14H22N4O2. The molecule has 110 valence electrons. The van der Waals surface area contributed by atoms with E-state index in [1.54, 1.807) is 6.20 Å². The number of aromatic nitrogens is 1. The lowest BCUT2D eigenvalue weighted by atomic mass is 10.3. The number of aliphatic imine (C=N–C) groups is 1. The Morgan fingerprint density at radius 2 is 2.25 bits per heavy atom. The normalized spacial score (nSPS) is 16.2. The van der Waals surface area contributed by atoms with E-state index in [-0.39, 0.29) is 0 Å². The van der Waals surface area contributed by atoms with Crippen molar-refractivity contribution >= 4 is 5.96 Å². The van der Waals surface area contributed by atoms with Crippen molar-refractivity contribution in [1.82, 2.24) is 9.88 Å². The summed E-state index contributed by atoms with van der Waals surface area (Å²) < 4.78 is 10.7. The van der Waals surface area contributed by atoms with Crippen LogP contribution in [0, 0.1) is 0 Å². The average molecular weight is 278 g/mol. The molecule has 6 heteroatoms. The molecule has 0 aliphatic carbocycles. The quantitative estimate of drug-likeness (QED) is 0.643. The maximum absolute atomic E-state index is 5.97. The molecule has 1 aromatic rings. The Kier molecular flexibility index (Phi) is 5.61. The van der Waals surface area contributed by atoms with E-state index in [0.29, 0.717) is 38.2 Å². The molecule has 2 N–H and O–H groups in total. The van der Waals surface area contributed by atoms with Gasteiger partial charge < -0.3 is 20.1 Å². The fourth-order valence-electron chi connectivity index (χ4n) is 1.86. The highest BCUT2D eigenvalue weighted by atomic mass is 16.5. The monoisotopic (exact) mass is 278 g/mol. The third-order valence-corrected chi connectivity index (χ3v) is 3.01. The summed E-state index contributed by atoms with van der Waals surface area (Å²) in [5.41, 5.74) is 6.99. The zero-order chi connectivity index (χ0) is 14.2. The molecule has 0 unspecified atom stereocenters. The first-order valence-corrected chi connectivity index (χ1v) is 7.00. The Hall–Kier alpha value is -1.82. The first-order valence-electron chi connectivity index (χ1n) is 7.00. The van der Waals surface area contributed by atoms with Crippen molar-refractivity contribution in [1.29, 1.82) is 0 Å². The number of nitrogens with zero attached hydrogens (tertiary/aromatic N) is 3. The average Bonchev–Trinajstić information content (AvgIpc) is 2.52. The fourth-order valence-corrected chi connectivity index (χ4v) is 1.86. The van der Waals surface area contributed by atoms with E-state index in [1.165, 1.54) is 0 Å². The van der Waals surface area contributed by atoms with E-state index in [0.717, 1.165) is 25.1 Å². The standard InChI is InChI=1S/C14H22N4O2/c1-2-7-20-13-4-3-12(10-16-13)11-17-14(15)18-5-8-19-9-6-18/h3-4,10H,2,5-9,11H2,1H3,(H2,15,17). The number of hydrogen-bond donors (Lipinski definition) is 1. The first kappa shape index (κ1) is 14.6. The van der Waals surface area contributed by atoms with Crippen molar-refractivity contribution < 1.29 is 9.47 Å². The van der Waals surface area contributed by atoms with Crippen molar-refractivity contribution in [2.24, 2.45) is 10.7 Å². The Morgan fingerprint density at radius 3 is 2.90 bits per heavy atom. The molecular weight excluding hydrogens is 256 g/mol. The summed E-state index contributed by atoms with van der Waals surface area (Å²) in [4.78, 5) is 10.7. The van der Waals surface area contributed by atoms with Crippen LogP contribution in [0.1, 0.15) is 18.9 Å². The maximum Gasteiger partial charge on any atom is 0.213 e. The number of ether oxygens (including phenoxy) is 2. The van der Waals surface area contributed by atoms with E-state index in [2.05, 4.69) is 16.9 Å². The summed E-state index contributed by atoms with van der Waals surface area (Å²) in [6.45, 7) is 6.31. The smallest absolute Gasteiger partial charge is 0.213 e. The summed E-state index contributed by atoms with van der Waals surface area (Å²) >= 11 is 0. The van der Waals surface area contributed by atoms with E-state index < -0.39 is 0 Å². The molecule has 6 nitrogen and oxygen atoms in total. The number of rotatable bonds is 5. The molecule has 1 aliphatic heterocycles. The highest BCUT2D eigenvalue weighted by Crippen LogP contribution is 2.09. The zero-order valence-corrected chi connectivity index (χ0v) is 11.9. The Balaban J connectivity index is 1.85. The Bertz CT molecular complexity index is 427. The lowest BCUT2D eigenvalue weighted by Gasteiger charge is -2.27. The number of guanidine groups is 1. The van der Waals surface area contributed by atoms with Gasteiger partial charge in [0.2, 0.25) is 5.88 Å². The molecule has 20 heavy (non-hydrogen) atoms. The lowest BCUT2D eigenvalue weighted by molar-refractivity contribution is 0.0674. The van der Waals surface area contributed by atoms with Crippen molar-refractivity contribution in [2.75, 3.05) is 32.9 Å². The zero-order valence-electron chi connectivity index (χ0n) is 11.9. The topological polar surface area (TPSA) is 73.0 Å². The number of pyridine rings is 1. The van der Waals surface area contributed by atoms with Crippen LogP contribution in [-0.4, -0.2) is 48.8 Å². The lowest BCUT2D eigenvalue weighted by Crippen LogP contribution is -2.44. The predicted octanol–water partition coefficient (Wildman–Crippen LogP) is 1.02. The molecule has 0 radical (unpaired) electrons. The molecule has 1 fully saturated rings. The van der Waals surface area contributed by atoms with Gasteiger partial charge in [-0.1, -0.05) is 13.0 Å². The van der Waals surface area contributed by atoms with Crippen LogP contribution in [0.5, 0.6) is 5.88 Å². The molecule has 0 saturated carbocycles. The number of morpholine rings is 1. The highest BCUT2D eigenvalue weighted by molar-refractivity contribution is 5.78. The van der Waals surface area contributed by atoms with E-state index >= 15 is 0 Å². The molecule has 0 spiro atoms. The van der Waals surface area contributed by atoms with Crippen molar-refractivity contribution in [2.45, 2.75) is 19.9 Å². The molecule has 0 aromatic carbocycles. The van der Waals surface area contributed by atoms with Crippen LogP contribution in [0.15, 0.2) is 23.3 Å². The summed E-state index contributed by atoms with van der Waals surface area (Å²) in [5, 5.41) is 0. The third-order valence-electron chi connectivity index (χ3n) is 3.01. The second-order valence-electron chi connectivity index (χ2n) is 4.63. The molecule has 0 bridgehead atoms. The minimum absolute atomic E-state index is 0.532. The summed E-state index contributed by atoms with van der Waals surface area (Å²) in [6, 6.07) is 3.83. The van der Waals surface area contributed by atoms with Gasteiger partial charge in [-0.2, -0.15) is 0 Å². The van der Waals surface area contributed by atoms with Gasteiger partial charge >= 0.3 is 0 Å². The SMILES string of the molecule is CCCOc1ccc(CN=C(N)N2CCOCC2)cn1. The second-order valence-corrected chi connectivity index (χ2v) is 4.63. The predicted molar refractivity (Wildman–Crippen MR) is 77.7 cm³/mol. The van der Waals surface area contributed by atoms with Crippen LogP contribution in [0.3, 0.4) is 0 Å². The molecule has 2 rings (SSSR count). The van der Waals surface area contributed by atoms with Gasteiger partial charge in [0.25, 0.3) is 0 Å². The van der Waals surface area contributed by atoms with Gasteiger partial charge in [-0.05, 0) is 12.0 Å². The van der Waals surface area contributed by atoms with E-state index in [1.807, 2.05) is 17.0 Å². The summed E-state index contributed by atoms with van der Waals surface area (Å²) in [6.07, 6.45) is 2.75. The molecule has 1 aliphatic rings. The number of hydrogen-bond acceptors (Lipinski definition) is 4. The maximum atomic E-state index is 5.97. The van der Waals surface area contributed by atoms with E-state index in [9.17, 15) is 0 Å². The minimum Gasteiger partial charge on any atom is -0.478 e. The van der Waals surface area contributed by atoms with Gasteiger partial charge in [0.05, 0.1) is 26.4 Å². The van der Waals surface area contributed by atoms with Crippen molar-refractivity contribution in [3.05, 3.63) is 23.9 Å². The van der Waals surface area contributed by atoms with Crippen molar-refractivity contribution in [3.63, 3.8) is 0 Å². The van der Waals surface area contributed by atoms with Gasteiger partial charge in [0.15, 0.2) is 5.96 Å². The third kappa shape index (κ3) is 4.38. The number of nitrogens with two attached hydrogens (primary N) is 1. The largest absolute Gasteiger partial charge is 0.478 e. The molecule has 1 aromatic heterocycles. The van der Waals surface area contributed by atoms with Gasteiger partial charge in [0.1, 0.15) is 0 Å². The van der Waals surface area contributed by atoms with Gasteiger partial charge in [-0.3, -0.25) is 0 Å². The van der Waals surface area contributed by atoms with E-state index in [4.69, 9.17) is 15.2 Å². The molecule has 1 saturated heterocycles. The highest BCUT2D eigenvalue weighted by Gasteiger charge is 2.11.